The number of likely N-dealkylation sites (tertiary alicyclic amines) is 1. The van der Waals surface area contributed by atoms with Gasteiger partial charge in [-0.05, 0) is 18.9 Å². The molecule has 2 N–H and O–H groups in total. The molecule has 0 saturated carbocycles. The minimum absolute atomic E-state index is 0.0316. The minimum atomic E-state index is -0.761. The molecule has 0 aromatic heterocycles. The van der Waals surface area contributed by atoms with Crippen molar-refractivity contribution < 1.29 is 14.7 Å². The third kappa shape index (κ3) is 4.44. The fourth-order valence-corrected chi connectivity index (χ4v) is 1.92. The van der Waals surface area contributed by atoms with Crippen LogP contribution in [0.1, 0.15) is 12.8 Å². The molecule has 5 heteroatoms. The van der Waals surface area contributed by atoms with Gasteiger partial charge in [0.25, 0.3) is 0 Å². The van der Waals surface area contributed by atoms with Crippen LogP contribution in [0.3, 0.4) is 0 Å². The maximum Gasteiger partial charge on any atom is 0.303 e. The monoisotopic (exact) mass is 226 g/mol. The van der Waals surface area contributed by atoms with Crippen LogP contribution in [-0.2, 0) is 9.59 Å². The number of carbonyl (C=O) groups is 2. The molecule has 1 atom stereocenters. The lowest BCUT2D eigenvalue weighted by Crippen LogP contribution is -2.36. The summed E-state index contributed by atoms with van der Waals surface area (Å²) in [5.41, 5.74) is 0. The first kappa shape index (κ1) is 12.7. The van der Waals surface area contributed by atoms with Crippen molar-refractivity contribution in [2.24, 2.45) is 5.92 Å². The highest BCUT2D eigenvalue weighted by atomic mass is 16.4. The number of amides is 1. The van der Waals surface area contributed by atoms with E-state index in [0.29, 0.717) is 19.6 Å². The van der Waals surface area contributed by atoms with Gasteiger partial charge in [0.15, 0.2) is 0 Å². The number of nitrogens with one attached hydrogen (secondary N) is 1. The lowest BCUT2D eigenvalue weighted by Gasteiger charge is -2.14. The van der Waals surface area contributed by atoms with E-state index in [1.807, 2.05) is 4.90 Å². The lowest BCUT2D eigenvalue weighted by atomic mass is 10.1. The first-order valence-corrected chi connectivity index (χ1v) is 5.43. The molecule has 16 heavy (non-hydrogen) atoms. The summed E-state index contributed by atoms with van der Waals surface area (Å²) in [5, 5.41) is 11.3. The van der Waals surface area contributed by atoms with Gasteiger partial charge in [0.2, 0.25) is 5.91 Å². The van der Waals surface area contributed by atoms with Crippen molar-refractivity contribution in [3.8, 4) is 0 Å². The molecule has 1 saturated heterocycles. The van der Waals surface area contributed by atoms with Crippen LogP contribution < -0.4 is 5.32 Å². The first-order valence-electron chi connectivity index (χ1n) is 5.43. The fraction of sp³-hybridized carbons (Fsp3) is 0.636. The number of aliphatic carboxylic acids is 1. The number of rotatable bonds is 6. The second kappa shape index (κ2) is 6.27. The minimum Gasteiger partial charge on any atom is -0.481 e. The highest BCUT2D eigenvalue weighted by Crippen LogP contribution is 2.18. The summed E-state index contributed by atoms with van der Waals surface area (Å²) in [6, 6.07) is 0. The summed E-state index contributed by atoms with van der Waals surface area (Å²) in [4.78, 5) is 23.9. The summed E-state index contributed by atoms with van der Waals surface area (Å²) in [7, 11) is 0. The number of carbonyl (C=O) groups excluding carboxylic acids is 1. The second-order valence-electron chi connectivity index (χ2n) is 4.08. The van der Waals surface area contributed by atoms with Crippen LogP contribution in [0.4, 0.5) is 0 Å². The molecule has 1 rings (SSSR count). The Kier molecular flexibility index (Phi) is 4.98. The van der Waals surface area contributed by atoms with Crippen molar-refractivity contribution >= 4 is 11.9 Å². The summed E-state index contributed by atoms with van der Waals surface area (Å²) in [6.45, 7) is 5.85. The molecule has 1 aliphatic rings. The van der Waals surface area contributed by atoms with E-state index in [9.17, 15) is 9.59 Å². The Labute approximate surface area is 95.1 Å². The molecule has 5 nitrogen and oxygen atoms in total. The van der Waals surface area contributed by atoms with Gasteiger partial charge in [-0.1, -0.05) is 6.08 Å². The van der Waals surface area contributed by atoms with Gasteiger partial charge in [0, 0.05) is 19.5 Å². The van der Waals surface area contributed by atoms with E-state index < -0.39 is 5.97 Å². The lowest BCUT2D eigenvalue weighted by molar-refractivity contribution is -0.138. The third-order valence-electron chi connectivity index (χ3n) is 2.64. The summed E-state index contributed by atoms with van der Waals surface area (Å²) in [5.74, 6) is -0.608. The van der Waals surface area contributed by atoms with Crippen LogP contribution in [0, 0.1) is 5.92 Å². The zero-order valence-electron chi connectivity index (χ0n) is 9.32. The average Bonchev–Trinajstić information content (AvgIpc) is 2.61. The molecule has 0 bridgehead atoms. The molecular weight excluding hydrogens is 208 g/mol. The predicted octanol–water partition coefficient (Wildman–Crippen LogP) is 0.0852. The SMILES string of the molecule is C=CCNC(=O)CN1CCC(CC(=O)O)C1. The van der Waals surface area contributed by atoms with E-state index in [1.54, 1.807) is 6.08 Å². The van der Waals surface area contributed by atoms with Crippen LogP contribution in [0.2, 0.25) is 0 Å². The number of nitrogens with zero attached hydrogens (tertiary/aromatic N) is 1. The van der Waals surface area contributed by atoms with Gasteiger partial charge in [-0.3, -0.25) is 14.5 Å². The van der Waals surface area contributed by atoms with Crippen molar-refractivity contribution in [1.82, 2.24) is 10.2 Å². The Bertz CT molecular complexity index is 278. The normalized spacial score (nSPS) is 20.6. The summed E-state index contributed by atoms with van der Waals surface area (Å²) >= 11 is 0. The zero-order chi connectivity index (χ0) is 12.0. The molecule has 0 aromatic carbocycles. The maximum absolute atomic E-state index is 11.4. The molecule has 90 valence electrons. The van der Waals surface area contributed by atoms with E-state index in [-0.39, 0.29) is 18.2 Å². The molecule has 1 aliphatic heterocycles. The van der Waals surface area contributed by atoms with E-state index in [1.165, 1.54) is 0 Å². The smallest absolute Gasteiger partial charge is 0.303 e. The Morgan fingerprint density at radius 1 is 1.56 bits per heavy atom. The highest BCUT2D eigenvalue weighted by Gasteiger charge is 2.25. The molecule has 1 amide bonds. The Morgan fingerprint density at radius 2 is 2.31 bits per heavy atom. The first-order chi connectivity index (χ1) is 7.61. The van der Waals surface area contributed by atoms with E-state index >= 15 is 0 Å². The molecule has 1 fully saturated rings. The predicted molar refractivity (Wildman–Crippen MR) is 60.0 cm³/mol. The van der Waals surface area contributed by atoms with Crippen molar-refractivity contribution in [3.63, 3.8) is 0 Å². The van der Waals surface area contributed by atoms with Crippen LogP contribution in [0.5, 0.6) is 0 Å². The molecule has 0 spiro atoms. The largest absolute Gasteiger partial charge is 0.481 e. The molecular formula is C11H18N2O3. The molecule has 0 aromatic rings. The molecule has 1 heterocycles. The van der Waals surface area contributed by atoms with Gasteiger partial charge in [0.1, 0.15) is 0 Å². The van der Waals surface area contributed by atoms with Gasteiger partial charge in [-0.2, -0.15) is 0 Å². The van der Waals surface area contributed by atoms with Crippen LogP contribution in [0.15, 0.2) is 12.7 Å². The van der Waals surface area contributed by atoms with E-state index in [0.717, 1.165) is 13.0 Å². The summed E-state index contributed by atoms with van der Waals surface area (Å²) < 4.78 is 0. The quantitative estimate of drug-likeness (QED) is 0.630. The van der Waals surface area contributed by atoms with Crippen LogP contribution in [-0.4, -0.2) is 48.1 Å². The van der Waals surface area contributed by atoms with Gasteiger partial charge in [-0.15, -0.1) is 6.58 Å². The fourth-order valence-electron chi connectivity index (χ4n) is 1.92. The number of carboxylic acid groups (broad SMARTS) is 1. The molecule has 1 unspecified atom stereocenters. The Morgan fingerprint density at radius 3 is 2.94 bits per heavy atom. The second-order valence-corrected chi connectivity index (χ2v) is 4.08. The van der Waals surface area contributed by atoms with Crippen molar-refractivity contribution in [2.45, 2.75) is 12.8 Å². The van der Waals surface area contributed by atoms with Gasteiger partial charge < -0.3 is 10.4 Å². The van der Waals surface area contributed by atoms with E-state index in [2.05, 4.69) is 11.9 Å². The van der Waals surface area contributed by atoms with E-state index in [4.69, 9.17) is 5.11 Å². The maximum atomic E-state index is 11.4. The third-order valence-corrected chi connectivity index (χ3v) is 2.64. The standard InChI is InChI=1S/C11H18N2O3/c1-2-4-12-10(14)8-13-5-3-9(7-13)6-11(15)16/h2,9H,1,3-8H2,(H,12,14)(H,15,16). The number of hydrogen-bond acceptors (Lipinski definition) is 3. The highest BCUT2D eigenvalue weighted by molar-refractivity contribution is 5.78. The Hall–Kier alpha value is -1.36. The molecule has 0 aliphatic carbocycles. The van der Waals surface area contributed by atoms with Gasteiger partial charge >= 0.3 is 5.97 Å². The zero-order valence-corrected chi connectivity index (χ0v) is 9.32. The number of hydrogen-bond donors (Lipinski definition) is 2. The number of carboxylic acids is 1. The average molecular weight is 226 g/mol. The van der Waals surface area contributed by atoms with Crippen molar-refractivity contribution in [1.29, 1.82) is 0 Å². The van der Waals surface area contributed by atoms with Crippen molar-refractivity contribution in [3.05, 3.63) is 12.7 Å². The topological polar surface area (TPSA) is 69.6 Å². The van der Waals surface area contributed by atoms with Gasteiger partial charge in [-0.25, -0.2) is 0 Å². The van der Waals surface area contributed by atoms with Crippen LogP contribution >= 0.6 is 0 Å². The molecule has 0 radical (unpaired) electrons. The van der Waals surface area contributed by atoms with Gasteiger partial charge in [0.05, 0.1) is 6.54 Å². The summed E-state index contributed by atoms with van der Waals surface area (Å²) in [6.07, 6.45) is 2.70. The van der Waals surface area contributed by atoms with Crippen LogP contribution in [0.25, 0.3) is 0 Å². The van der Waals surface area contributed by atoms with Crippen molar-refractivity contribution in [2.75, 3.05) is 26.2 Å². The Balaban J connectivity index is 2.22.